The van der Waals surface area contributed by atoms with Crippen LogP contribution in [-0.2, 0) is 9.59 Å². The van der Waals surface area contributed by atoms with E-state index >= 15 is 0 Å². The van der Waals surface area contributed by atoms with Crippen LogP contribution in [0.5, 0.6) is 0 Å². The van der Waals surface area contributed by atoms with Gasteiger partial charge in [-0.1, -0.05) is 12.1 Å². The van der Waals surface area contributed by atoms with Crippen LogP contribution in [0.2, 0.25) is 0 Å². The van der Waals surface area contributed by atoms with Crippen molar-refractivity contribution in [2.75, 3.05) is 26.2 Å². The van der Waals surface area contributed by atoms with Crippen LogP contribution in [0, 0.1) is 17.7 Å². The normalized spacial score (nSPS) is 27.0. The Kier molecular flexibility index (Phi) is 3.58. The minimum Gasteiger partial charge on any atom is -0.339 e. The largest absolute Gasteiger partial charge is 0.339 e. The molecular formula is C18H21FN2O2. The Morgan fingerprint density at radius 1 is 0.913 bits per heavy atom. The van der Waals surface area contributed by atoms with Gasteiger partial charge >= 0.3 is 0 Å². The first kappa shape index (κ1) is 14.7. The number of carbonyl (C=O) groups excluding carboxylic acids is 2. The summed E-state index contributed by atoms with van der Waals surface area (Å²) in [6.45, 7) is 2.61. The average Bonchev–Trinajstić information content (AvgIpc) is 3.47. The van der Waals surface area contributed by atoms with E-state index in [4.69, 9.17) is 0 Å². The van der Waals surface area contributed by atoms with Gasteiger partial charge in [0.1, 0.15) is 5.82 Å². The highest BCUT2D eigenvalue weighted by Gasteiger charge is 2.46. The van der Waals surface area contributed by atoms with Gasteiger partial charge in [-0.25, -0.2) is 4.39 Å². The molecule has 3 fully saturated rings. The standard InChI is InChI=1S/C18H21FN2O2/c19-14-5-3-12(4-6-14)15-11-16(15)18(23)21-9-7-20(8-10-21)17(22)13-1-2-13/h3-6,13,15-16H,1-2,7-11H2/t15-,16+/m1/s1. The molecule has 0 aromatic heterocycles. The highest BCUT2D eigenvalue weighted by atomic mass is 19.1. The fraction of sp³-hybridized carbons (Fsp3) is 0.556. The van der Waals surface area contributed by atoms with Crippen LogP contribution >= 0.6 is 0 Å². The Morgan fingerprint density at radius 2 is 1.48 bits per heavy atom. The third kappa shape index (κ3) is 2.96. The minimum atomic E-state index is -0.242. The van der Waals surface area contributed by atoms with Crippen molar-refractivity contribution in [3.05, 3.63) is 35.6 Å². The lowest BCUT2D eigenvalue weighted by Gasteiger charge is -2.35. The number of amides is 2. The molecule has 2 amide bonds. The van der Waals surface area contributed by atoms with Gasteiger partial charge in [-0.15, -0.1) is 0 Å². The van der Waals surface area contributed by atoms with E-state index in [1.165, 1.54) is 12.1 Å². The second-order valence-corrected chi connectivity index (χ2v) is 6.93. The number of benzene rings is 1. The lowest BCUT2D eigenvalue weighted by atomic mass is 10.1. The third-order valence-electron chi connectivity index (χ3n) is 5.24. The van der Waals surface area contributed by atoms with Gasteiger partial charge in [-0.05, 0) is 42.9 Å². The molecule has 3 aliphatic rings. The number of piperazine rings is 1. The van der Waals surface area contributed by atoms with Crippen molar-refractivity contribution in [3.8, 4) is 0 Å². The monoisotopic (exact) mass is 316 g/mol. The Hall–Kier alpha value is -1.91. The zero-order valence-corrected chi connectivity index (χ0v) is 13.1. The van der Waals surface area contributed by atoms with Crippen LogP contribution < -0.4 is 0 Å². The van der Waals surface area contributed by atoms with E-state index in [-0.39, 0.29) is 35.4 Å². The van der Waals surface area contributed by atoms with Crippen molar-refractivity contribution in [3.63, 3.8) is 0 Å². The van der Waals surface area contributed by atoms with Crippen LogP contribution in [-0.4, -0.2) is 47.8 Å². The molecule has 122 valence electrons. The molecule has 0 bridgehead atoms. The van der Waals surface area contributed by atoms with E-state index in [0.717, 1.165) is 24.8 Å². The zero-order valence-electron chi connectivity index (χ0n) is 13.1. The molecule has 4 nitrogen and oxygen atoms in total. The molecule has 2 aliphatic carbocycles. The van der Waals surface area contributed by atoms with E-state index in [1.54, 1.807) is 12.1 Å². The molecule has 1 aromatic carbocycles. The summed E-state index contributed by atoms with van der Waals surface area (Å²) in [7, 11) is 0. The van der Waals surface area contributed by atoms with Gasteiger partial charge < -0.3 is 9.80 Å². The molecule has 0 spiro atoms. The zero-order chi connectivity index (χ0) is 16.0. The van der Waals surface area contributed by atoms with Gasteiger partial charge in [0.25, 0.3) is 0 Å². The summed E-state index contributed by atoms with van der Waals surface area (Å²) < 4.78 is 13.0. The minimum absolute atomic E-state index is 0.0335. The van der Waals surface area contributed by atoms with Crippen LogP contribution in [0.15, 0.2) is 24.3 Å². The molecule has 2 atom stereocenters. The van der Waals surface area contributed by atoms with Gasteiger partial charge in [0.15, 0.2) is 0 Å². The summed E-state index contributed by atoms with van der Waals surface area (Å²) in [6, 6.07) is 6.47. The second-order valence-electron chi connectivity index (χ2n) is 6.93. The summed E-state index contributed by atoms with van der Waals surface area (Å²) in [5, 5.41) is 0. The smallest absolute Gasteiger partial charge is 0.226 e. The first-order chi connectivity index (χ1) is 11.1. The number of halogens is 1. The maximum absolute atomic E-state index is 13.0. The van der Waals surface area contributed by atoms with Crippen molar-refractivity contribution in [2.45, 2.75) is 25.2 Å². The maximum atomic E-state index is 13.0. The SMILES string of the molecule is O=C(C1CC1)N1CCN(C(=O)[C@H]2C[C@@H]2c2ccc(F)cc2)CC1. The molecule has 1 saturated heterocycles. The van der Waals surface area contributed by atoms with Gasteiger partial charge in [0.2, 0.25) is 11.8 Å². The molecule has 23 heavy (non-hydrogen) atoms. The van der Waals surface area contributed by atoms with Gasteiger partial charge in [-0.3, -0.25) is 9.59 Å². The predicted octanol–water partition coefficient (Wildman–Crippen LogP) is 2.01. The highest BCUT2D eigenvalue weighted by molar-refractivity contribution is 5.84. The first-order valence-corrected chi connectivity index (χ1v) is 8.46. The lowest BCUT2D eigenvalue weighted by molar-refractivity contribution is -0.141. The Labute approximate surface area is 135 Å². The molecular weight excluding hydrogens is 295 g/mol. The van der Waals surface area contributed by atoms with Crippen LogP contribution in [0.1, 0.15) is 30.7 Å². The van der Waals surface area contributed by atoms with Crippen molar-refractivity contribution in [1.82, 2.24) is 9.80 Å². The summed E-state index contributed by atoms with van der Waals surface area (Å²) in [5.41, 5.74) is 1.05. The average molecular weight is 316 g/mol. The maximum Gasteiger partial charge on any atom is 0.226 e. The Balaban J connectivity index is 1.31. The van der Waals surface area contributed by atoms with Crippen molar-refractivity contribution < 1.29 is 14.0 Å². The van der Waals surface area contributed by atoms with Gasteiger partial charge in [0.05, 0.1) is 0 Å². The quantitative estimate of drug-likeness (QED) is 0.856. The van der Waals surface area contributed by atoms with E-state index in [0.29, 0.717) is 26.2 Å². The van der Waals surface area contributed by atoms with E-state index < -0.39 is 0 Å². The molecule has 0 radical (unpaired) electrons. The van der Waals surface area contributed by atoms with Crippen LogP contribution in [0.25, 0.3) is 0 Å². The van der Waals surface area contributed by atoms with E-state index in [2.05, 4.69) is 0 Å². The van der Waals surface area contributed by atoms with Gasteiger partial charge in [0, 0.05) is 38.0 Å². The molecule has 5 heteroatoms. The molecule has 0 N–H and O–H groups in total. The van der Waals surface area contributed by atoms with Crippen molar-refractivity contribution in [2.24, 2.45) is 11.8 Å². The van der Waals surface area contributed by atoms with E-state index in [9.17, 15) is 14.0 Å². The number of hydrogen-bond acceptors (Lipinski definition) is 2. The van der Waals surface area contributed by atoms with Crippen LogP contribution in [0.4, 0.5) is 4.39 Å². The summed E-state index contributed by atoms with van der Waals surface area (Å²) in [4.78, 5) is 28.4. The molecule has 1 aliphatic heterocycles. The molecule has 1 aromatic rings. The summed E-state index contributed by atoms with van der Waals surface area (Å²) in [5.74, 6) is 0.739. The third-order valence-corrected chi connectivity index (χ3v) is 5.24. The van der Waals surface area contributed by atoms with Gasteiger partial charge in [-0.2, -0.15) is 0 Å². The molecule has 4 rings (SSSR count). The first-order valence-electron chi connectivity index (χ1n) is 8.46. The van der Waals surface area contributed by atoms with E-state index in [1.807, 2.05) is 9.80 Å². The number of carbonyl (C=O) groups is 2. The number of rotatable bonds is 3. The highest BCUT2D eigenvalue weighted by Crippen LogP contribution is 2.48. The second kappa shape index (κ2) is 5.62. The Bertz CT molecular complexity index is 618. The lowest BCUT2D eigenvalue weighted by Crippen LogP contribution is -2.51. The molecule has 1 heterocycles. The Morgan fingerprint density at radius 3 is 2.04 bits per heavy atom. The fourth-order valence-corrected chi connectivity index (χ4v) is 3.52. The number of nitrogens with zero attached hydrogens (tertiary/aromatic N) is 2. The van der Waals surface area contributed by atoms with Crippen molar-refractivity contribution >= 4 is 11.8 Å². The fourth-order valence-electron chi connectivity index (χ4n) is 3.52. The summed E-state index contributed by atoms with van der Waals surface area (Å²) >= 11 is 0. The number of hydrogen-bond donors (Lipinski definition) is 0. The summed E-state index contributed by atoms with van der Waals surface area (Å²) in [6.07, 6.45) is 2.91. The van der Waals surface area contributed by atoms with Crippen molar-refractivity contribution in [1.29, 1.82) is 0 Å². The van der Waals surface area contributed by atoms with Crippen LogP contribution in [0.3, 0.4) is 0 Å². The molecule has 0 unspecified atom stereocenters. The topological polar surface area (TPSA) is 40.6 Å². The molecule has 2 saturated carbocycles. The predicted molar refractivity (Wildman–Crippen MR) is 83.1 cm³/mol.